The molecule has 0 saturated heterocycles. The molecule has 1 aliphatic carbocycles. The van der Waals surface area contributed by atoms with Crippen molar-refractivity contribution in [2.24, 2.45) is 0 Å². The van der Waals surface area contributed by atoms with Crippen LogP contribution in [-0.2, 0) is 4.79 Å². The predicted molar refractivity (Wildman–Crippen MR) is 60.2 cm³/mol. The SMILES string of the molecule is CC(Cl)(Cl)C(=O)N[C@H]1CCCC[C@H]1Cl. The van der Waals surface area contributed by atoms with Gasteiger partial charge in [-0.05, 0) is 19.8 Å². The van der Waals surface area contributed by atoms with Crippen molar-refractivity contribution < 1.29 is 4.79 Å². The van der Waals surface area contributed by atoms with Gasteiger partial charge in [-0.2, -0.15) is 0 Å². The van der Waals surface area contributed by atoms with Crippen LogP contribution in [0.3, 0.4) is 0 Å². The lowest BCUT2D eigenvalue weighted by atomic mass is 9.95. The third-order valence-electron chi connectivity index (χ3n) is 2.40. The van der Waals surface area contributed by atoms with E-state index in [9.17, 15) is 4.79 Å². The van der Waals surface area contributed by atoms with Crippen molar-refractivity contribution in [3.05, 3.63) is 0 Å². The van der Waals surface area contributed by atoms with Crippen molar-refractivity contribution >= 4 is 40.7 Å². The Morgan fingerprint density at radius 3 is 2.43 bits per heavy atom. The smallest absolute Gasteiger partial charge is 0.256 e. The van der Waals surface area contributed by atoms with Gasteiger partial charge < -0.3 is 5.32 Å². The van der Waals surface area contributed by atoms with E-state index in [1.807, 2.05) is 0 Å². The Hall–Kier alpha value is 0.340. The fraction of sp³-hybridized carbons (Fsp3) is 0.889. The maximum atomic E-state index is 11.4. The molecule has 5 heteroatoms. The number of carbonyl (C=O) groups is 1. The first-order chi connectivity index (χ1) is 6.41. The minimum absolute atomic E-state index is 0.00313. The summed E-state index contributed by atoms with van der Waals surface area (Å²) in [4.78, 5) is 11.4. The van der Waals surface area contributed by atoms with Gasteiger partial charge in [-0.3, -0.25) is 4.79 Å². The van der Waals surface area contributed by atoms with Crippen molar-refractivity contribution in [1.29, 1.82) is 0 Å². The number of rotatable bonds is 2. The molecule has 0 spiro atoms. The quantitative estimate of drug-likeness (QED) is 0.758. The van der Waals surface area contributed by atoms with Gasteiger partial charge in [0.2, 0.25) is 0 Å². The van der Waals surface area contributed by atoms with Gasteiger partial charge in [-0.15, -0.1) is 11.6 Å². The van der Waals surface area contributed by atoms with Gasteiger partial charge in [-0.1, -0.05) is 36.0 Å². The van der Waals surface area contributed by atoms with Crippen LogP contribution in [0.1, 0.15) is 32.6 Å². The van der Waals surface area contributed by atoms with Crippen LogP contribution in [0.15, 0.2) is 0 Å². The monoisotopic (exact) mass is 257 g/mol. The lowest BCUT2D eigenvalue weighted by molar-refractivity contribution is -0.122. The van der Waals surface area contributed by atoms with E-state index in [0.717, 1.165) is 25.7 Å². The number of hydrogen-bond donors (Lipinski definition) is 1. The molecule has 0 bridgehead atoms. The standard InChI is InChI=1S/C9H14Cl3NO/c1-9(11,12)8(14)13-7-5-3-2-4-6(7)10/h6-7H,2-5H2,1H3,(H,13,14)/t6-,7+/m1/s1. The van der Waals surface area contributed by atoms with Crippen LogP contribution in [-0.4, -0.2) is 21.7 Å². The molecule has 0 unspecified atom stereocenters. The molecule has 82 valence electrons. The largest absolute Gasteiger partial charge is 0.349 e. The summed E-state index contributed by atoms with van der Waals surface area (Å²) in [5.41, 5.74) is 0. The number of hydrogen-bond acceptors (Lipinski definition) is 1. The summed E-state index contributed by atoms with van der Waals surface area (Å²) in [6, 6.07) is 0.00902. The maximum Gasteiger partial charge on any atom is 0.256 e. The van der Waals surface area contributed by atoms with Gasteiger partial charge in [0.05, 0.1) is 5.38 Å². The van der Waals surface area contributed by atoms with E-state index in [2.05, 4.69) is 5.32 Å². The molecule has 1 amide bonds. The molecule has 0 aliphatic heterocycles. The fourth-order valence-corrected chi connectivity index (χ4v) is 2.00. The lowest BCUT2D eigenvalue weighted by Gasteiger charge is -2.29. The Balaban J connectivity index is 2.46. The number of halogens is 3. The summed E-state index contributed by atoms with van der Waals surface area (Å²) in [6.45, 7) is 1.46. The fourth-order valence-electron chi connectivity index (χ4n) is 1.54. The number of carbonyl (C=O) groups excluding carboxylic acids is 1. The number of nitrogens with one attached hydrogen (secondary N) is 1. The lowest BCUT2D eigenvalue weighted by Crippen LogP contribution is -2.47. The van der Waals surface area contributed by atoms with E-state index in [-0.39, 0.29) is 17.3 Å². The van der Waals surface area contributed by atoms with Crippen LogP contribution in [0.4, 0.5) is 0 Å². The molecule has 2 atom stereocenters. The van der Waals surface area contributed by atoms with Gasteiger partial charge in [0.1, 0.15) is 0 Å². The molecule has 1 rings (SSSR count). The van der Waals surface area contributed by atoms with Crippen molar-refractivity contribution in [3.8, 4) is 0 Å². The van der Waals surface area contributed by atoms with Crippen molar-refractivity contribution in [2.75, 3.05) is 0 Å². The topological polar surface area (TPSA) is 29.1 Å². The third kappa shape index (κ3) is 3.48. The van der Waals surface area contributed by atoms with Crippen molar-refractivity contribution in [3.63, 3.8) is 0 Å². The summed E-state index contributed by atoms with van der Waals surface area (Å²) in [6.07, 6.45) is 4.06. The molecular weight excluding hydrogens is 244 g/mol. The maximum absolute atomic E-state index is 11.4. The summed E-state index contributed by atoms with van der Waals surface area (Å²) in [7, 11) is 0. The Kier molecular flexibility index (Phi) is 4.35. The average molecular weight is 259 g/mol. The first kappa shape index (κ1) is 12.4. The second kappa shape index (κ2) is 4.91. The number of alkyl halides is 3. The van der Waals surface area contributed by atoms with E-state index in [1.54, 1.807) is 0 Å². The van der Waals surface area contributed by atoms with Crippen LogP contribution < -0.4 is 5.32 Å². The zero-order valence-electron chi connectivity index (χ0n) is 8.03. The summed E-state index contributed by atoms with van der Waals surface area (Å²) >= 11 is 17.4. The van der Waals surface area contributed by atoms with Crippen LogP contribution >= 0.6 is 34.8 Å². The molecule has 0 aromatic heterocycles. The molecular formula is C9H14Cl3NO. The average Bonchev–Trinajstić information content (AvgIpc) is 2.07. The van der Waals surface area contributed by atoms with Gasteiger partial charge in [0, 0.05) is 6.04 Å². The van der Waals surface area contributed by atoms with Crippen LogP contribution in [0.2, 0.25) is 0 Å². The Bertz CT molecular complexity index is 215. The Morgan fingerprint density at radius 2 is 1.93 bits per heavy atom. The highest BCUT2D eigenvalue weighted by Gasteiger charge is 2.32. The van der Waals surface area contributed by atoms with E-state index in [1.165, 1.54) is 6.92 Å². The molecule has 0 heterocycles. The van der Waals surface area contributed by atoms with E-state index in [4.69, 9.17) is 34.8 Å². The zero-order valence-corrected chi connectivity index (χ0v) is 10.3. The molecule has 0 aromatic rings. The van der Waals surface area contributed by atoms with Crippen molar-refractivity contribution in [2.45, 2.75) is 48.4 Å². The molecule has 1 fully saturated rings. The van der Waals surface area contributed by atoms with Crippen LogP contribution in [0, 0.1) is 0 Å². The first-order valence-electron chi connectivity index (χ1n) is 4.74. The Labute approximate surface area is 99.3 Å². The van der Waals surface area contributed by atoms with E-state index in [0.29, 0.717) is 0 Å². The van der Waals surface area contributed by atoms with Crippen LogP contribution in [0.5, 0.6) is 0 Å². The van der Waals surface area contributed by atoms with Crippen molar-refractivity contribution in [1.82, 2.24) is 5.32 Å². The summed E-state index contributed by atoms with van der Waals surface area (Å²) in [5, 5.41) is 2.78. The minimum Gasteiger partial charge on any atom is -0.349 e. The van der Waals surface area contributed by atoms with Gasteiger partial charge in [0.25, 0.3) is 5.91 Å². The second-order valence-corrected chi connectivity index (χ2v) is 6.03. The molecule has 1 N–H and O–H groups in total. The summed E-state index contributed by atoms with van der Waals surface area (Å²) in [5.74, 6) is -0.363. The molecule has 14 heavy (non-hydrogen) atoms. The molecule has 1 saturated carbocycles. The zero-order chi connectivity index (χ0) is 10.8. The van der Waals surface area contributed by atoms with Gasteiger partial charge >= 0.3 is 0 Å². The van der Waals surface area contributed by atoms with Crippen LogP contribution in [0.25, 0.3) is 0 Å². The molecule has 1 aliphatic rings. The number of amides is 1. The Morgan fingerprint density at radius 1 is 1.36 bits per heavy atom. The highest BCUT2D eigenvalue weighted by molar-refractivity contribution is 6.57. The highest BCUT2D eigenvalue weighted by atomic mass is 35.5. The highest BCUT2D eigenvalue weighted by Crippen LogP contribution is 2.25. The van der Waals surface area contributed by atoms with Gasteiger partial charge in [-0.25, -0.2) is 0 Å². The normalized spacial score (nSPS) is 28.6. The van der Waals surface area contributed by atoms with E-state index < -0.39 is 4.33 Å². The second-order valence-electron chi connectivity index (χ2n) is 3.77. The van der Waals surface area contributed by atoms with E-state index >= 15 is 0 Å². The summed E-state index contributed by atoms with van der Waals surface area (Å²) < 4.78 is -1.37. The van der Waals surface area contributed by atoms with Gasteiger partial charge in [0.15, 0.2) is 4.33 Å². The molecule has 0 radical (unpaired) electrons. The predicted octanol–water partition coefficient (Wildman–Crippen LogP) is 2.85. The minimum atomic E-state index is -1.37. The molecule has 2 nitrogen and oxygen atoms in total. The third-order valence-corrected chi connectivity index (χ3v) is 3.26. The molecule has 0 aromatic carbocycles. The first-order valence-corrected chi connectivity index (χ1v) is 5.93.